The molecule has 0 aliphatic heterocycles. The Bertz CT molecular complexity index is 237. The summed E-state index contributed by atoms with van der Waals surface area (Å²) in [6, 6.07) is 0.0623. The van der Waals surface area contributed by atoms with Gasteiger partial charge in [-0.3, -0.25) is 4.79 Å². The molecule has 0 aromatic carbocycles. The fourth-order valence-corrected chi connectivity index (χ4v) is 2.16. The second kappa shape index (κ2) is 12.2. The van der Waals surface area contributed by atoms with Crippen molar-refractivity contribution < 1.29 is 9.53 Å². The Kier molecular flexibility index (Phi) is 11.8. The number of carbonyl (C=O) groups excluding carboxylic acids is 1. The Hall–Kier alpha value is -0.610. The Morgan fingerprint density at radius 3 is 2.05 bits per heavy atom. The molecule has 0 spiro atoms. The van der Waals surface area contributed by atoms with Gasteiger partial charge < -0.3 is 15.0 Å². The Morgan fingerprint density at radius 2 is 1.65 bits per heavy atom. The second-order valence-electron chi connectivity index (χ2n) is 5.63. The Balaban J connectivity index is 4.54. The van der Waals surface area contributed by atoms with Crippen LogP contribution in [-0.4, -0.2) is 49.2 Å². The standard InChI is InChI=1S/C16H34N2O2/c1-6-9-11-18(12-10-7-2)13-15(17-14(4)5)16(19)20-8-3/h14-15,17H,6-13H2,1-5H3. The first-order valence-corrected chi connectivity index (χ1v) is 8.20. The van der Waals surface area contributed by atoms with Gasteiger partial charge in [-0.1, -0.05) is 40.5 Å². The molecule has 0 aromatic rings. The van der Waals surface area contributed by atoms with Gasteiger partial charge in [-0.15, -0.1) is 0 Å². The van der Waals surface area contributed by atoms with E-state index in [2.05, 4.69) is 37.9 Å². The molecule has 0 aliphatic carbocycles. The first kappa shape index (κ1) is 19.4. The Morgan fingerprint density at radius 1 is 1.10 bits per heavy atom. The van der Waals surface area contributed by atoms with E-state index in [1.54, 1.807) is 0 Å². The maximum absolute atomic E-state index is 12.1. The van der Waals surface area contributed by atoms with E-state index in [1.165, 1.54) is 25.7 Å². The lowest BCUT2D eigenvalue weighted by Crippen LogP contribution is -2.49. The average molecular weight is 286 g/mol. The van der Waals surface area contributed by atoms with Crippen LogP contribution < -0.4 is 5.32 Å². The molecule has 0 bridgehead atoms. The van der Waals surface area contributed by atoms with Crippen LogP contribution in [0.2, 0.25) is 0 Å². The van der Waals surface area contributed by atoms with Crippen molar-refractivity contribution in [1.82, 2.24) is 10.2 Å². The number of nitrogens with zero attached hydrogens (tertiary/aromatic N) is 1. The van der Waals surface area contributed by atoms with Gasteiger partial charge in [0.1, 0.15) is 6.04 Å². The van der Waals surface area contributed by atoms with Crippen molar-refractivity contribution in [1.29, 1.82) is 0 Å². The lowest BCUT2D eigenvalue weighted by molar-refractivity contribution is -0.146. The van der Waals surface area contributed by atoms with Crippen molar-refractivity contribution in [3.8, 4) is 0 Å². The third-order valence-corrected chi connectivity index (χ3v) is 3.20. The van der Waals surface area contributed by atoms with Crippen LogP contribution >= 0.6 is 0 Å². The summed E-state index contributed by atoms with van der Waals surface area (Å²) in [6.45, 7) is 13.7. The predicted octanol–water partition coefficient (Wildman–Crippen LogP) is 2.82. The van der Waals surface area contributed by atoms with Crippen LogP contribution in [0, 0.1) is 0 Å². The highest BCUT2D eigenvalue weighted by Gasteiger charge is 2.23. The van der Waals surface area contributed by atoms with Gasteiger partial charge in [0, 0.05) is 12.6 Å². The molecule has 1 N–H and O–H groups in total. The number of esters is 1. The minimum atomic E-state index is -0.219. The van der Waals surface area contributed by atoms with Crippen LogP contribution in [0.4, 0.5) is 0 Å². The molecule has 0 fully saturated rings. The molecule has 4 nitrogen and oxygen atoms in total. The SMILES string of the molecule is CCCCN(CCCC)CC(NC(C)C)C(=O)OCC. The molecule has 0 radical (unpaired) electrons. The molecule has 0 saturated carbocycles. The first-order valence-electron chi connectivity index (χ1n) is 8.20. The molecule has 0 rings (SSSR count). The minimum Gasteiger partial charge on any atom is -0.465 e. The van der Waals surface area contributed by atoms with E-state index in [9.17, 15) is 4.79 Å². The fraction of sp³-hybridized carbons (Fsp3) is 0.938. The van der Waals surface area contributed by atoms with Gasteiger partial charge in [0.25, 0.3) is 0 Å². The fourth-order valence-electron chi connectivity index (χ4n) is 2.16. The molecule has 1 unspecified atom stereocenters. The molecular weight excluding hydrogens is 252 g/mol. The molecule has 0 saturated heterocycles. The summed E-state index contributed by atoms with van der Waals surface area (Å²) in [6.07, 6.45) is 4.73. The predicted molar refractivity (Wildman–Crippen MR) is 84.9 cm³/mol. The van der Waals surface area contributed by atoms with Gasteiger partial charge >= 0.3 is 5.97 Å². The van der Waals surface area contributed by atoms with Gasteiger partial charge in [0.2, 0.25) is 0 Å². The van der Waals surface area contributed by atoms with Crippen LogP contribution in [0.3, 0.4) is 0 Å². The zero-order chi connectivity index (χ0) is 15.4. The summed E-state index contributed by atoms with van der Waals surface area (Å²) in [4.78, 5) is 14.4. The van der Waals surface area contributed by atoms with Gasteiger partial charge in [0.05, 0.1) is 6.61 Å². The lowest BCUT2D eigenvalue weighted by atomic mass is 10.2. The summed E-state index contributed by atoms with van der Waals surface area (Å²) in [5, 5.41) is 3.33. The molecule has 1 atom stereocenters. The van der Waals surface area contributed by atoms with Crippen molar-refractivity contribution >= 4 is 5.97 Å². The maximum atomic E-state index is 12.1. The highest BCUT2D eigenvalue weighted by Crippen LogP contribution is 2.03. The number of carbonyl (C=O) groups is 1. The molecule has 20 heavy (non-hydrogen) atoms. The summed E-state index contributed by atoms with van der Waals surface area (Å²) >= 11 is 0. The highest BCUT2D eigenvalue weighted by atomic mass is 16.5. The molecule has 120 valence electrons. The summed E-state index contributed by atoms with van der Waals surface area (Å²) < 4.78 is 5.19. The normalized spacial score (nSPS) is 12.9. The smallest absolute Gasteiger partial charge is 0.324 e. The van der Waals surface area contributed by atoms with Crippen molar-refractivity contribution in [2.24, 2.45) is 0 Å². The largest absolute Gasteiger partial charge is 0.465 e. The van der Waals surface area contributed by atoms with E-state index in [0.717, 1.165) is 19.6 Å². The van der Waals surface area contributed by atoms with E-state index in [0.29, 0.717) is 6.61 Å². The van der Waals surface area contributed by atoms with Gasteiger partial charge in [0.15, 0.2) is 0 Å². The van der Waals surface area contributed by atoms with Crippen molar-refractivity contribution in [3.05, 3.63) is 0 Å². The van der Waals surface area contributed by atoms with E-state index in [4.69, 9.17) is 4.74 Å². The van der Waals surface area contributed by atoms with Crippen LogP contribution in [0.1, 0.15) is 60.3 Å². The van der Waals surface area contributed by atoms with Crippen molar-refractivity contribution in [2.75, 3.05) is 26.2 Å². The Labute approximate surface area is 125 Å². The van der Waals surface area contributed by atoms with Gasteiger partial charge in [-0.25, -0.2) is 0 Å². The lowest BCUT2D eigenvalue weighted by Gasteiger charge is -2.28. The first-order chi connectivity index (χ1) is 9.54. The molecule has 4 heteroatoms. The van der Waals surface area contributed by atoms with Crippen molar-refractivity contribution in [2.45, 2.75) is 72.4 Å². The van der Waals surface area contributed by atoms with Gasteiger partial charge in [-0.05, 0) is 32.9 Å². The monoisotopic (exact) mass is 286 g/mol. The van der Waals surface area contributed by atoms with Gasteiger partial charge in [-0.2, -0.15) is 0 Å². The minimum absolute atomic E-state index is 0.126. The molecule has 0 aromatic heterocycles. The zero-order valence-corrected chi connectivity index (χ0v) is 14.1. The molecule has 0 aliphatic rings. The van der Waals surface area contributed by atoms with E-state index in [1.807, 2.05) is 6.92 Å². The number of rotatable bonds is 12. The third-order valence-electron chi connectivity index (χ3n) is 3.20. The summed E-state index contributed by atoms with van der Waals surface area (Å²) in [5.74, 6) is -0.126. The van der Waals surface area contributed by atoms with Crippen LogP contribution in [0.15, 0.2) is 0 Å². The maximum Gasteiger partial charge on any atom is 0.324 e. The summed E-state index contributed by atoms with van der Waals surface area (Å²) in [5.41, 5.74) is 0. The van der Waals surface area contributed by atoms with E-state index >= 15 is 0 Å². The zero-order valence-electron chi connectivity index (χ0n) is 14.1. The number of hydrogen-bond acceptors (Lipinski definition) is 4. The van der Waals surface area contributed by atoms with E-state index < -0.39 is 0 Å². The highest BCUT2D eigenvalue weighted by molar-refractivity contribution is 5.76. The second-order valence-corrected chi connectivity index (χ2v) is 5.63. The topological polar surface area (TPSA) is 41.6 Å². The van der Waals surface area contributed by atoms with Crippen LogP contribution in [0.25, 0.3) is 0 Å². The van der Waals surface area contributed by atoms with Crippen LogP contribution in [-0.2, 0) is 9.53 Å². The van der Waals surface area contributed by atoms with Crippen molar-refractivity contribution in [3.63, 3.8) is 0 Å². The number of hydrogen-bond donors (Lipinski definition) is 1. The number of nitrogens with one attached hydrogen (secondary N) is 1. The number of unbranched alkanes of at least 4 members (excludes halogenated alkanes) is 2. The molecule has 0 amide bonds. The van der Waals surface area contributed by atoms with Crippen LogP contribution in [0.5, 0.6) is 0 Å². The number of ether oxygens (including phenoxy) is 1. The quantitative estimate of drug-likeness (QED) is 0.560. The van der Waals surface area contributed by atoms with E-state index in [-0.39, 0.29) is 18.1 Å². The third kappa shape index (κ3) is 9.32. The summed E-state index contributed by atoms with van der Waals surface area (Å²) in [7, 11) is 0. The molecular formula is C16H34N2O2. The average Bonchev–Trinajstić information content (AvgIpc) is 2.40. The molecule has 0 heterocycles.